The summed E-state index contributed by atoms with van der Waals surface area (Å²) < 4.78 is 27.1. The second kappa shape index (κ2) is 12.0. The maximum atomic E-state index is 13.5. The Morgan fingerprint density at radius 3 is 2.12 bits per heavy atom. The summed E-state index contributed by atoms with van der Waals surface area (Å²) in [4.78, 5) is 27.9. The molecule has 2 amide bonds. The lowest BCUT2D eigenvalue weighted by Crippen LogP contribution is -2.53. The number of benzene rings is 2. The summed E-state index contributed by atoms with van der Waals surface area (Å²) in [5.74, 6) is -0.755. The van der Waals surface area contributed by atoms with Crippen molar-refractivity contribution >= 4 is 61.7 Å². The summed E-state index contributed by atoms with van der Waals surface area (Å²) in [6.45, 7) is 5.24. The number of carbonyl (C=O) groups is 2. The van der Waals surface area contributed by atoms with Crippen molar-refractivity contribution in [1.29, 1.82) is 0 Å². The van der Waals surface area contributed by atoms with E-state index in [1.807, 2.05) is 20.8 Å². The van der Waals surface area contributed by atoms with Crippen molar-refractivity contribution in [2.45, 2.75) is 45.8 Å². The van der Waals surface area contributed by atoms with E-state index in [-0.39, 0.29) is 18.5 Å². The summed E-state index contributed by atoms with van der Waals surface area (Å²) in [5.41, 5.74) is 1.17. The Bertz CT molecular complexity index is 1060. The molecule has 180 valence electrons. The standard InChI is InChI=1S/C23H29ClIN3O4S/c1-5-21(23(30)26-16(2)3)27(14-17-6-8-18(24)9-7-17)22(29)15-28(33(4,31)32)20-12-10-19(25)11-13-20/h6-13,16,21H,5,14-15H2,1-4H3,(H,26,30)/t21-/m0/s1. The van der Waals surface area contributed by atoms with Gasteiger partial charge in [0.2, 0.25) is 21.8 Å². The molecule has 1 N–H and O–H groups in total. The highest BCUT2D eigenvalue weighted by Gasteiger charge is 2.31. The SMILES string of the molecule is CC[C@@H](C(=O)NC(C)C)N(Cc1ccc(Cl)cc1)C(=O)CN(c1ccc(I)cc1)S(C)(=O)=O. The van der Waals surface area contributed by atoms with Crippen LogP contribution in [0.1, 0.15) is 32.8 Å². The van der Waals surface area contributed by atoms with Crippen molar-refractivity contribution in [3.8, 4) is 0 Å². The van der Waals surface area contributed by atoms with Gasteiger partial charge in [0, 0.05) is 21.2 Å². The first-order valence-electron chi connectivity index (χ1n) is 10.5. The largest absolute Gasteiger partial charge is 0.352 e. The van der Waals surface area contributed by atoms with Crippen LogP contribution in [0.25, 0.3) is 0 Å². The van der Waals surface area contributed by atoms with Crippen LogP contribution in [0.5, 0.6) is 0 Å². The van der Waals surface area contributed by atoms with Gasteiger partial charge in [-0.15, -0.1) is 0 Å². The van der Waals surface area contributed by atoms with Gasteiger partial charge in [0.05, 0.1) is 11.9 Å². The number of rotatable bonds is 10. The predicted octanol–water partition coefficient (Wildman–Crippen LogP) is 4.04. The zero-order valence-electron chi connectivity index (χ0n) is 19.1. The van der Waals surface area contributed by atoms with Crippen molar-refractivity contribution in [3.05, 3.63) is 62.7 Å². The Kier molecular flexibility index (Phi) is 9.99. The van der Waals surface area contributed by atoms with E-state index in [4.69, 9.17) is 11.6 Å². The van der Waals surface area contributed by atoms with Gasteiger partial charge in [0.1, 0.15) is 12.6 Å². The lowest BCUT2D eigenvalue weighted by molar-refractivity contribution is -0.140. The molecule has 0 aromatic heterocycles. The highest BCUT2D eigenvalue weighted by molar-refractivity contribution is 14.1. The molecule has 0 aliphatic heterocycles. The fraction of sp³-hybridized carbons (Fsp3) is 0.391. The molecule has 1 atom stereocenters. The summed E-state index contributed by atoms with van der Waals surface area (Å²) >= 11 is 8.11. The average molecular weight is 606 g/mol. The molecule has 0 saturated carbocycles. The summed E-state index contributed by atoms with van der Waals surface area (Å²) in [6, 6.07) is 13.0. The van der Waals surface area contributed by atoms with E-state index >= 15 is 0 Å². The van der Waals surface area contributed by atoms with E-state index in [1.165, 1.54) is 4.90 Å². The monoisotopic (exact) mass is 605 g/mol. The van der Waals surface area contributed by atoms with Crippen LogP contribution in [0.2, 0.25) is 5.02 Å². The zero-order valence-corrected chi connectivity index (χ0v) is 22.8. The summed E-state index contributed by atoms with van der Waals surface area (Å²) in [5, 5.41) is 3.42. The first-order valence-corrected chi connectivity index (χ1v) is 13.8. The molecule has 0 unspecified atom stereocenters. The lowest BCUT2D eigenvalue weighted by Gasteiger charge is -2.33. The lowest BCUT2D eigenvalue weighted by atomic mass is 10.1. The van der Waals surface area contributed by atoms with Gasteiger partial charge in [-0.1, -0.05) is 30.7 Å². The zero-order chi connectivity index (χ0) is 24.8. The highest BCUT2D eigenvalue weighted by Crippen LogP contribution is 2.21. The third kappa shape index (κ3) is 8.15. The Morgan fingerprint density at radius 2 is 1.64 bits per heavy atom. The molecule has 0 heterocycles. The molecule has 10 heteroatoms. The molecule has 2 aromatic rings. The van der Waals surface area contributed by atoms with Crippen molar-refractivity contribution in [1.82, 2.24) is 10.2 Å². The third-order valence-corrected chi connectivity index (χ3v) is 6.99. The molecular formula is C23H29ClIN3O4S. The molecular weight excluding hydrogens is 577 g/mol. The van der Waals surface area contributed by atoms with Gasteiger partial charge in [-0.05, 0) is 84.8 Å². The van der Waals surface area contributed by atoms with Crippen molar-refractivity contribution in [3.63, 3.8) is 0 Å². The van der Waals surface area contributed by atoms with Gasteiger partial charge >= 0.3 is 0 Å². The van der Waals surface area contributed by atoms with Crippen LogP contribution < -0.4 is 9.62 Å². The highest BCUT2D eigenvalue weighted by atomic mass is 127. The predicted molar refractivity (Wildman–Crippen MR) is 141 cm³/mol. The number of anilines is 1. The van der Waals surface area contributed by atoms with Gasteiger partial charge in [-0.25, -0.2) is 8.42 Å². The molecule has 0 saturated heterocycles. The van der Waals surface area contributed by atoms with E-state index in [0.717, 1.165) is 19.7 Å². The van der Waals surface area contributed by atoms with Gasteiger partial charge in [0.15, 0.2) is 0 Å². The van der Waals surface area contributed by atoms with Gasteiger partial charge in [0.25, 0.3) is 0 Å². The minimum atomic E-state index is -3.74. The maximum absolute atomic E-state index is 13.5. The Labute approximate surface area is 214 Å². The number of halogens is 2. The normalized spacial score (nSPS) is 12.3. The molecule has 2 aromatic carbocycles. The van der Waals surface area contributed by atoms with Crippen LogP contribution in [0.3, 0.4) is 0 Å². The second-order valence-electron chi connectivity index (χ2n) is 7.98. The summed E-state index contributed by atoms with van der Waals surface area (Å²) in [6.07, 6.45) is 1.44. The number of hydrogen-bond acceptors (Lipinski definition) is 4. The molecule has 0 bridgehead atoms. The molecule has 33 heavy (non-hydrogen) atoms. The van der Waals surface area contributed by atoms with Gasteiger partial charge in [-0.3, -0.25) is 13.9 Å². The molecule has 0 spiro atoms. The average Bonchev–Trinajstić information content (AvgIpc) is 2.72. The molecule has 0 fully saturated rings. The first kappa shape index (κ1) is 27.4. The van der Waals surface area contributed by atoms with Gasteiger partial charge < -0.3 is 10.2 Å². The minimum absolute atomic E-state index is 0.0988. The number of carbonyl (C=O) groups excluding carboxylic acids is 2. The molecule has 0 aliphatic rings. The number of amides is 2. The number of hydrogen-bond donors (Lipinski definition) is 1. The molecule has 0 aliphatic carbocycles. The van der Waals surface area contributed by atoms with Crippen LogP contribution >= 0.6 is 34.2 Å². The van der Waals surface area contributed by atoms with E-state index < -0.39 is 28.5 Å². The molecule has 2 rings (SSSR count). The van der Waals surface area contributed by atoms with E-state index in [1.54, 1.807) is 48.5 Å². The molecule has 7 nitrogen and oxygen atoms in total. The molecule has 0 radical (unpaired) electrons. The van der Waals surface area contributed by atoms with Crippen LogP contribution in [-0.2, 0) is 26.2 Å². The topological polar surface area (TPSA) is 86.8 Å². The van der Waals surface area contributed by atoms with Crippen LogP contribution in [0.4, 0.5) is 5.69 Å². The number of nitrogens with one attached hydrogen (secondary N) is 1. The number of nitrogens with zero attached hydrogens (tertiary/aromatic N) is 2. The van der Waals surface area contributed by atoms with E-state index in [0.29, 0.717) is 17.1 Å². The first-order chi connectivity index (χ1) is 15.4. The van der Waals surface area contributed by atoms with Crippen LogP contribution in [-0.4, -0.2) is 50.0 Å². The third-order valence-electron chi connectivity index (χ3n) is 4.88. The van der Waals surface area contributed by atoms with E-state index in [9.17, 15) is 18.0 Å². The van der Waals surface area contributed by atoms with Crippen molar-refractivity contribution < 1.29 is 18.0 Å². The smallest absolute Gasteiger partial charge is 0.244 e. The fourth-order valence-electron chi connectivity index (χ4n) is 3.31. The Hall–Kier alpha value is -1.85. The van der Waals surface area contributed by atoms with Crippen LogP contribution in [0, 0.1) is 3.57 Å². The maximum Gasteiger partial charge on any atom is 0.244 e. The quantitative estimate of drug-likeness (QED) is 0.414. The Morgan fingerprint density at radius 1 is 1.06 bits per heavy atom. The minimum Gasteiger partial charge on any atom is -0.352 e. The summed E-state index contributed by atoms with van der Waals surface area (Å²) in [7, 11) is -3.74. The van der Waals surface area contributed by atoms with Gasteiger partial charge in [-0.2, -0.15) is 0 Å². The van der Waals surface area contributed by atoms with Crippen LogP contribution in [0.15, 0.2) is 48.5 Å². The fourth-order valence-corrected chi connectivity index (χ4v) is 4.64. The second-order valence-corrected chi connectivity index (χ2v) is 11.6. The van der Waals surface area contributed by atoms with E-state index in [2.05, 4.69) is 27.9 Å². The Balaban J connectivity index is 2.42. The van der Waals surface area contributed by atoms with Crippen molar-refractivity contribution in [2.24, 2.45) is 0 Å². The van der Waals surface area contributed by atoms with Crippen molar-refractivity contribution in [2.75, 3.05) is 17.1 Å². The number of sulfonamides is 1.